The summed E-state index contributed by atoms with van der Waals surface area (Å²) in [5, 5.41) is 0. The molecule has 1 aromatic heterocycles. The van der Waals surface area contributed by atoms with Crippen LogP contribution in [0.4, 0.5) is 5.69 Å². The average molecular weight is 252 g/mol. The lowest BCUT2D eigenvalue weighted by Gasteiger charge is -2.34. The van der Waals surface area contributed by atoms with E-state index < -0.39 is 5.97 Å². The van der Waals surface area contributed by atoms with Gasteiger partial charge in [-0.1, -0.05) is 0 Å². The van der Waals surface area contributed by atoms with Gasteiger partial charge in [0.1, 0.15) is 5.56 Å². The summed E-state index contributed by atoms with van der Waals surface area (Å²) >= 11 is 0. The van der Waals surface area contributed by atoms with Gasteiger partial charge in [0.2, 0.25) is 0 Å². The van der Waals surface area contributed by atoms with E-state index in [9.17, 15) is 4.79 Å². The van der Waals surface area contributed by atoms with Gasteiger partial charge in [-0.05, 0) is 6.07 Å². The summed E-state index contributed by atoms with van der Waals surface area (Å²) in [6, 6.07) is 1.80. The maximum Gasteiger partial charge on any atom is 0.341 e. The smallest absolute Gasteiger partial charge is 0.341 e. The Kier molecular flexibility index (Phi) is 4.11. The van der Waals surface area contributed by atoms with Gasteiger partial charge in [-0.25, -0.2) is 4.79 Å². The van der Waals surface area contributed by atoms with Crippen LogP contribution >= 0.6 is 0 Å². The van der Waals surface area contributed by atoms with Crippen LogP contribution in [0, 0.1) is 0 Å². The minimum Gasteiger partial charge on any atom is -0.465 e. The Morgan fingerprint density at radius 1 is 1.56 bits per heavy atom. The zero-order valence-electron chi connectivity index (χ0n) is 10.5. The first-order chi connectivity index (χ1) is 8.76. The van der Waals surface area contributed by atoms with Crippen molar-refractivity contribution in [2.24, 2.45) is 0 Å². The minimum atomic E-state index is -0.390. The highest BCUT2D eigenvalue weighted by molar-refractivity contribution is 5.95. The van der Waals surface area contributed by atoms with Gasteiger partial charge >= 0.3 is 5.97 Å². The molecule has 1 fully saturated rings. The Labute approximate surface area is 105 Å². The topological polar surface area (TPSA) is 60.9 Å². The molecule has 1 atom stereocenters. The fourth-order valence-electron chi connectivity index (χ4n) is 1.91. The number of hydrogen-bond donors (Lipinski definition) is 0. The highest BCUT2D eigenvalue weighted by Crippen LogP contribution is 2.22. The summed E-state index contributed by atoms with van der Waals surface area (Å²) in [6.07, 6.45) is 2.88. The van der Waals surface area contributed by atoms with E-state index in [4.69, 9.17) is 14.2 Å². The Morgan fingerprint density at radius 2 is 2.39 bits per heavy atom. The predicted octanol–water partition coefficient (Wildman–Crippen LogP) is 0.677. The normalized spacial score (nSPS) is 19.7. The molecule has 0 radical (unpaired) electrons. The molecule has 6 heteroatoms. The summed E-state index contributed by atoms with van der Waals surface area (Å²) in [6.45, 7) is 1.83. The summed E-state index contributed by atoms with van der Waals surface area (Å²) in [5.74, 6) is -0.390. The molecule has 2 rings (SSSR count). The van der Waals surface area contributed by atoms with Gasteiger partial charge in [0.05, 0.1) is 25.9 Å². The van der Waals surface area contributed by atoms with Crippen LogP contribution in [0.1, 0.15) is 10.4 Å². The second-order valence-electron chi connectivity index (χ2n) is 3.87. The third kappa shape index (κ3) is 2.60. The number of methoxy groups -OCH3 is 2. The van der Waals surface area contributed by atoms with Gasteiger partial charge in [0, 0.05) is 26.0 Å². The third-order valence-electron chi connectivity index (χ3n) is 2.84. The molecule has 98 valence electrons. The average Bonchev–Trinajstić information content (AvgIpc) is 2.46. The van der Waals surface area contributed by atoms with Gasteiger partial charge in [0.25, 0.3) is 0 Å². The number of rotatable bonds is 3. The number of morpholine rings is 1. The van der Waals surface area contributed by atoms with Crippen LogP contribution in [-0.2, 0) is 14.2 Å². The van der Waals surface area contributed by atoms with E-state index >= 15 is 0 Å². The molecule has 0 spiro atoms. The second kappa shape index (κ2) is 5.79. The van der Waals surface area contributed by atoms with Crippen LogP contribution in [0.2, 0.25) is 0 Å². The Hall–Kier alpha value is -1.66. The molecule has 1 aliphatic heterocycles. The van der Waals surface area contributed by atoms with Crippen molar-refractivity contribution in [2.75, 3.05) is 38.8 Å². The van der Waals surface area contributed by atoms with Crippen molar-refractivity contribution >= 4 is 11.7 Å². The van der Waals surface area contributed by atoms with Crippen LogP contribution in [0.3, 0.4) is 0 Å². The summed E-state index contributed by atoms with van der Waals surface area (Å²) < 4.78 is 15.3. The Balaban J connectivity index is 2.24. The maximum atomic E-state index is 11.7. The minimum absolute atomic E-state index is 0.280. The van der Waals surface area contributed by atoms with E-state index in [1.165, 1.54) is 13.3 Å². The monoisotopic (exact) mass is 252 g/mol. The molecule has 1 saturated heterocycles. The number of nitrogens with zero attached hydrogens (tertiary/aromatic N) is 2. The zero-order chi connectivity index (χ0) is 13.0. The summed E-state index contributed by atoms with van der Waals surface area (Å²) in [4.78, 5) is 17.7. The molecule has 1 aromatic rings. The van der Waals surface area contributed by atoms with Crippen molar-refractivity contribution in [3.8, 4) is 0 Å². The van der Waals surface area contributed by atoms with Crippen molar-refractivity contribution in [3.63, 3.8) is 0 Å². The molecule has 0 aromatic carbocycles. The van der Waals surface area contributed by atoms with Crippen LogP contribution in [0.25, 0.3) is 0 Å². The zero-order valence-corrected chi connectivity index (χ0v) is 10.5. The van der Waals surface area contributed by atoms with E-state index in [1.54, 1.807) is 19.4 Å². The standard InChI is InChI=1S/C12H16N2O4/c1-16-11-8-14(5-6-18-11)10-3-4-13-7-9(10)12(15)17-2/h3-4,7,11H,5-6,8H2,1-2H3. The molecule has 1 unspecified atom stereocenters. The number of pyridine rings is 1. The Bertz CT molecular complexity index is 424. The molecule has 0 bridgehead atoms. The first-order valence-corrected chi connectivity index (χ1v) is 5.68. The predicted molar refractivity (Wildman–Crippen MR) is 64.5 cm³/mol. The largest absolute Gasteiger partial charge is 0.465 e. The van der Waals surface area contributed by atoms with E-state index in [1.807, 2.05) is 4.90 Å². The highest BCUT2D eigenvalue weighted by Gasteiger charge is 2.24. The molecule has 0 amide bonds. The number of anilines is 1. The van der Waals surface area contributed by atoms with Gasteiger partial charge in [-0.3, -0.25) is 4.98 Å². The lowest BCUT2D eigenvalue weighted by Crippen LogP contribution is -2.43. The number of carbonyl (C=O) groups is 1. The summed E-state index contributed by atoms with van der Waals surface area (Å²) in [7, 11) is 2.96. The van der Waals surface area contributed by atoms with E-state index in [0.29, 0.717) is 25.3 Å². The van der Waals surface area contributed by atoms with Crippen LogP contribution in [0.15, 0.2) is 18.5 Å². The third-order valence-corrected chi connectivity index (χ3v) is 2.84. The Morgan fingerprint density at radius 3 is 3.11 bits per heavy atom. The molecule has 18 heavy (non-hydrogen) atoms. The number of ether oxygens (including phenoxy) is 3. The van der Waals surface area contributed by atoms with Crippen LogP contribution < -0.4 is 4.90 Å². The highest BCUT2D eigenvalue weighted by atomic mass is 16.7. The van der Waals surface area contributed by atoms with Gasteiger partial charge in [-0.15, -0.1) is 0 Å². The van der Waals surface area contributed by atoms with E-state index in [2.05, 4.69) is 4.98 Å². The van der Waals surface area contributed by atoms with Crippen molar-refractivity contribution in [1.82, 2.24) is 4.98 Å². The maximum absolute atomic E-state index is 11.7. The first kappa shape index (κ1) is 12.8. The van der Waals surface area contributed by atoms with Crippen LogP contribution in [-0.4, -0.2) is 51.2 Å². The number of hydrogen-bond acceptors (Lipinski definition) is 6. The fourth-order valence-corrected chi connectivity index (χ4v) is 1.91. The van der Waals surface area contributed by atoms with E-state index in [-0.39, 0.29) is 6.29 Å². The number of aromatic nitrogens is 1. The quantitative estimate of drug-likeness (QED) is 0.737. The van der Waals surface area contributed by atoms with Gasteiger partial charge in [-0.2, -0.15) is 0 Å². The van der Waals surface area contributed by atoms with Crippen molar-refractivity contribution in [1.29, 1.82) is 0 Å². The van der Waals surface area contributed by atoms with Gasteiger partial charge in [0.15, 0.2) is 6.29 Å². The molecule has 2 heterocycles. The second-order valence-corrected chi connectivity index (χ2v) is 3.87. The molecule has 6 nitrogen and oxygen atoms in total. The number of esters is 1. The molecule has 0 N–H and O–H groups in total. The van der Waals surface area contributed by atoms with Crippen molar-refractivity contribution < 1.29 is 19.0 Å². The van der Waals surface area contributed by atoms with Gasteiger partial charge < -0.3 is 19.1 Å². The van der Waals surface area contributed by atoms with Crippen LogP contribution in [0.5, 0.6) is 0 Å². The number of carbonyl (C=O) groups excluding carboxylic acids is 1. The summed E-state index contributed by atoms with van der Waals surface area (Å²) in [5.41, 5.74) is 1.25. The molecule has 1 aliphatic rings. The molecular formula is C12H16N2O4. The fraction of sp³-hybridized carbons (Fsp3) is 0.500. The van der Waals surface area contributed by atoms with Crippen molar-refractivity contribution in [2.45, 2.75) is 6.29 Å². The molecule has 0 saturated carbocycles. The molecule has 0 aliphatic carbocycles. The van der Waals surface area contributed by atoms with Crippen molar-refractivity contribution in [3.05, 3.63) is 24.0 Å². The SMILES string of the molecule is COC(=O)c1cnccc1N1CCOC(OC)C1. The lowest BCUT2D eigenvalue weighted by molar-refractivity contribution is -0.128. The first-order valence-electron chi connectivity index (χ1n) is 5.68. The lowest BCUT2D eigenvalue weighted by atomic mass is 10.2. The molecular weight excluding hydrogens is 236 g/mol. The van der Waals surface area contributed by atoms with E-state index in [0.717, 1.165) is 5.69 Å².